The van der Waals surface area contributed by atoms with E-state index in [9.17, 15) is 4.79 Å². The Kier molecular flexibility index (Phi) is 6.42. The van der Waals surface area contributed by atoms with Gasteiger partial charge in [0, 0.05) is 0 Å². The van der Waals surface area contributed by atoms with Crippen molar-refractivity contribution in [2.45, 2.75) is 20.3 Å². The van der Waals surface area contributed by atoms with E-state index in [-0.39, 0.29) is 12.3 Å². The summed E-state index contributed by atoms with van der Waals surface area (Å²) < 4.78 is 10.4. The molecule has 0 spiro atoms. The number of carbonyl (C=O) groups is 1. The van der Waals surface area contributed by atoms with Crippen molar-refractivity contribution in [2.75, 3.05) is 14.2 Å². The Hall–Kier alpha value is -2.53. The molecule has 6 heteroatoms. The lowest BCUT2D eigenvalue weighted by Crippen LogP contribution is -2.20. The van der Waals surface area contributed by atoms with E-state index in [0.29, 0.717) is 22.1 Å². The molecule has 0 aliphatic heterocycles. The topological polar surface area (TPSA) is 59.9 Å². The minimum Gasteiger partial charge on any atom is -0.493 e. The fourth-order valence-corrected chi connectivity index (χ4v) is 2.74. The molecule has 0 atom stereocenters. The first-order valence-electron chi connectivity index (χ1n) is 7.74. The largest absolute Gasteiger partial charge is 0.493 e. The van der Waals surface area contributed by atoms with Crippen molar-refractivity contribution < 1.29 is 14.3 Å². The number of benzene rings is 2. The number of methoxy groups -OCH3 is 2. The van der Waals surface area contributed by atoms with Gasteiger partial charge in [-0.2, -0.15) is 5.10 Å². The van der Waals surface area contributed by atoms with Crippen molar-refractivity contribution in [2.24, 2.45) is 5.10 Å². The molecule has 0 saturated carbocycles. The van der Waals surface area contributed by atoms with E-state index in [4.69, 9.17) is 21.1 Å². The van der Waals surface area contributed by atoms with Crippen LogP contribution in [0.3, 0.4) is 0 Å². The quantitative estimate of drug-likeness (QED) is 0.631. The first-order chi connectivity index (χ1) is 11.9. The van der Waals surface area contributed by atoms with Crippen molar-refractivity contribution >= 4 is 23.7 Å². The summed E-state index contributed by atoms with van der Waals surface area (Å²) in [6.07, 6.45) is 1.78. The zero-order valence-electron chi connectivity index (χ0n) is 14.7. The van der Waals surface area contributed by atoms with Gasteiger partial charge in [0.05, 0.1) is 31.9 Å². The number of hydrogen-bond donors (Lipinski definition) is 1. The third-order valence-electron chi connectivity index (χ3n) is 3.71. The average molecular weight is 361 g/mol. The van der Waals surface area contributed by atoms with E-state index in [1.165, 1.54) is 26.0 Å². The van der Waals surface area contributed by atoms with Gasteiger partial charge in [0.25, 0.3) is 0 Å². The minimum atomic E-state index is -0.185. The molecule has 2 rings (SSSR count). The normalized spacial score (nSPS) is 10.8. The zero-order chi connectivity index (χ0) is 18.4. The van der Waals surface area contributed by atoms with Gasteiger partial charge in [-0.05, 0) is 42.7 Å². The molecule has 25 heavy (non-hydrogen) atoms. The molecular weight excluding hydrogens is 340 g/mol. The summed E-state index contributed by atoms with van der Waals surface area (Å²) >= 11 is 6.14. The third kappa shape index (κ3) is 4.97. The lowest BCUT2D eigenvalue weighted by atomic mass is 10.0. The van der Waals surface area contributed by atoms with Crippen molar-refractivity contribution in [1.29, 1.82) is 0 Å². The molecule has 0 fully saturated rings. The predicted molar refractivity (Wildman–Crippen MR) is 99.9 cm³/mol. The Balaban J connectivity index is 2.03. The van der Waals surface area contributed by atoms with Gasteiger partial charge in [-0.1, -0.05) is 35.4 Å². The highest BCUT2D eigenvalue weighted by molar-refractivity contribution is 6.32. The molecule has 0 aromatic heterocycles. The number of ether oxygens (including phenoxy) is 2. The van der Waals surface area contributed by atoms with Crippen molar-refractivity contribution in [1.82, 2.24) is 5.43 Å². The smallest absolute Gasteiger partial charge is 0.244 e. The van der Waals surface area contributed by atoms with Crippen LogP contribution in [0.1, 0.15) is 22.3 Å². The van der Waals surface area contributed by atoms with Gasteiger partial charge in [0.1, 0.15) is 0 Å². The van der Waals surface area contributed by atoms with Crippen molar-refractivity contribution in [3.63, 3.8) is 0 Å². The Bertz CT molecular complexity index is 803. The number of hydrogen-bond acceptors (Lipinski definition) is 4. The summed E-state index contributed by atoms with van der Waals surface area (Å²) in [5, 5.41) is 4.38. The summed E-state index contributed by atoms with van der Waals surface area (Å²) in [4.78, 5) is 12.0. The zero-order valence-corrected chi connectivity index (χ0v) is 15.5. The second-order valence-corrected chi connectivity index (χ2v) is 6.05. The molecule has 0 heterocycles. The maximum absolute atomic E-state index is 12.0. The molecule has 1 N–H and O–H groups in total. The van der Waals surface area contributed by atoms with Gasteiger partial charge in [0.2, 0.25) is 5.91 Å². The van der Waals surface area contributed by atoms with Crippen molar-refractivity contribution in [3.05, 3.63) is 57.6 Å². The SMILES string of the molecule is COc1cc(/C=N/NC(=O)Cc2ccc(C)cc2C)cc(Cl)c1OC. The molecule has 0 aliphatic carbocycles. The van der Waals surface area contributed by atoms with Crippen LogP contribution in [0.15, 0.2) is 35.4 Å². The Morgan fingerprint density at radius 3 is 2.60 bits per heavy atom. The fourth-order valence-electron chi connectivity index (χ4n) is 2.45. The molecule has 2 aromatic carbocycles. The van der Waals surface area contributed by atoms with Crippen LogP contribution in [0.2, 0.25) is 5.02 Å². The van der Waals surface area contributed by atoms with Crippen LogP contribution >= 0.6 is 11.6 Å². The second kappa shape index (κ2) is 8.53. The number of halogens is 1. The monoisotopic (exact) mass is 360 g/mol. The summed E-state index contributed by atoms with van der Waals surface area (Å²) in [6, 6.07) is 9.41. The van der Waals surface area contributed by atoms with E-state index >= 15 is 0 Å². The number of carbonyl (C=O) groups excluding carboxylic acids is 1. The molecule has 0 aliphatic rings. The molecule has 132 valence electrons. The molecule has 0 unspecified atom stereocenters. The van der Waals surface area contributed by atoms with Crippen LogP contribution < -0.4 is 14.9 Å². The first kappa shape index (κ1) is 18.8. The van der Waals surface area contributed by atoms with Crippen LogP contribution in [0, 0.1) is 13.8 Å². The van der Waals surface area contributed by atoms with Gasteiger partial charge in [-0.25, -0.2) is 5.43 Å². The number of aryl methyl sites for hydroxylation is 2. The molecule has 0 radical (unpaired) electrons. The van der Waals surface area contributed by atoms with Gasteiger partial charge < -0.3 is 9.47 Å². The van der Waals surface area contributed by atoms with Crippen LogP contribution in [0.25, 0.3) is 0 Å². The Morgan fingerprint density at radius 2 is 1.96 bits per heavy atom. The Labute approximate surface area is 152 Å². The van der Waals surface area contributed by atoms with Gasteiger partial charge in [-0.3, -0.25) is 4.79 Å². The van der Waals surface area contributed by atoms with Crippen LogP contribution in [0.4, 0.5) is 0 Å². The maximum Gasteiger partial charge on any atom is 0.244 e. The van der Waals surface area contributed by atoms with Crippen LogP contribution in [0.5, 0.6) is 11.5 Å². The lowest BCUT2D eigenvalue weighted by molar-refractivity contribution is -0.120. The molecular formula is C19H21ClN2O3. The molecule has 0 bridgehead atoms. The summed E-state index contributed by atoms with van der Waals surface area (Å²) in [5.74, 6) is 0.771. The predicted octanol–water partition coefficient (Wildman–Crippen LogP) is 3.67. The van der Waals surface area contributed by atoms with Crippen molar-refractivity contribution in [3.8, 4) is 11.5 Å². The van der Waals surface area contributed by atoms with Gasteiger partial charge >= 0.3 is 0 Å². The van der Waals surface area contributed by atoms with Crippen LogP contribution in [-0.2, 0) is 11.2 Å². The number of hydrazone groups is 1. The highest BCUT2D eigenvalue weighted by Crippen LogP contribution is 2.35. The molecule has 2 aromatic rings. The number of nitrogens with one attached hydrogen (secondary N) is 1. The fraction of sp³-hybridized carbons (Fsp3) is 0.263. The molecule has 0 saturated heterocycles. The number of nitrogens with zero attached hydrogens (tertiary/aromatic N) is 1. The standard InChI is InChI=1S/C19H21ClN2O3/c1-12-5-6-15(13(2)7-12)10-18(23)22-21-11-14-8-16(20)19(25-4)17(9-14)24-3/h5-9,11H,10H2,1-4H3,(H,22,23)/b21-11+. The van der Waals surface area contributed by atoms with Gasteiger partial charge in [0.15, 0.2) is 11.5 Å². The number of amides is 1. The summed E-state index contributed by atoms with van der Waals surface area (Å²) in [5.41, 5.74) is 6.45. The highest BCUT2D eigenvalue weighted by atomic mass is 35.5. The maximum atomic E-state index is 12.0. The van der Waals surface area contributed by atoms with E-state index in [1.54, 1.807) is 12.1 Å². The minimum absolute atomic E-state index is 0.185. The van der Waals surface area contributed by atoms with E-state index < -0.39 is 0 Å². The third-order valence-corrected chi connectivity index (χ3v) is 3.99. The van der Waals surface area contributed by atoms with E-state index in [2.05, 4.69) is 16.6 Å². The first-order valence-corrected chi connectivity index (χ1v) is 8.12. The average Bonchev–Trinajstić information content (AvgIpc) is 2.57. The molecule has 1 amide bonds. The second-order valence-electron chi connectivity index (χ2n) is 5.64. The number of rotatable bonds is 6. The summed E-state index contributed by atoms with van der Waals surface area (Å²) in [6.45, 7) is 4.01. The lowest BCUT2D eigenvalue weighted by Gasteiger charge is -2.10. The highest BCUT2D eigenvalue weighted by Gasteiger charge is 2.10. The van der Waals surface area contributed by atoms with E-state index in [1.807, 2.05) is 26.0 Å². The van der Waals surface area contributed by atoms with Gasteiger partial charge in [-0.15, -0.1) is 0 Å². The van der Waals surface area contributed by atoms with Crippen LogP contribution in [-0.4, -0.2) is 26.3 Å². The summed E-state index contributed by atoms with van der Waals surface area (Å²) in [7, 11) is 3.05. The van der Waals surface area contributed by atoms with E-state index in [0.717, 1.165) is 11.1 Å². The molecule has 5 nitrogen and oxygen atoms in total. The Morgan fingerprint density at radius 1 is 1.20 bits per heavy atom.